The third-order valence-corrected chi connectivity index (χ3v) is 2.97. The Morgan fingerprint density at radius 2 is 1.82 bits per heavy atom. The molecule has 17 heavy (non-hydrogen) atoms. The number of ether oxygens (including phenoxy) is 2. The van der Waals surface area contributed by atoms with Crippen LogP contribution in [0.5, 0.6) is 11.5 Å². The SMILES string of the molecule is COc1cc(OC)c(N2CCNCC2)nc1C. The van der Waals surface area contributed by atoms with Crippen molar-refractivity contribution in [3.05, 3.63) is 11.8 Å². The lowest BCUT2D eigenvalue weighted by Crippen LogP contribution is -2.44. The Balaban J connectivity index is 2.34. The van der Waals surface area contributed by atoms with E-state index in [4.69, 9.17) is 9.47 Å². The fourth-order valence-electron chi connectivity index (χ4n) is 2.02. The third kappa shape index (κ3) is 2.44. The summed E-state index contributed by atoms with van der Waals surface area (Å²) in [6.07, 6.45) is 0. The molecular weight excluding hydrogens is 218 g/mol. The van der Waals surface area contributed by atoms with Crippen LogP contribution >= 0.6 is 0 Å². The minimum Gasteiger partial charge on any atom is -0.495 e. The Bertz CT molecular complexity index is 390. The number of rotatable bonds is 3. The van der Waals surface area contributed by atoms with Crippen molar-refractivity contribution in [3.63, 3.8) is 0 Å². The topological polar surface area (TPSA) is 46.6 Å². The van der Waals surface area contributed by atoms with Gasteiger partial charge in [0.05, 0.1) is 19.9 Å². The lowest BCUT2D eigenvalue weighted by Gasteiger charge is -2.29. The molecule has 0 amide bonds. The number of hydrogen-bond donors (Lipinski definition) is 1. The molecule has 1 aliphatic rings. The molecule has 1 aliphatic heterocycles. The first-order valence-electron chi connectivity index (χ1n) is 5.81. The van der Waals surface area contributed by atoms with Gasteiger partial charge in [-0.05, 0) is 6.92 Å². The van der Waals surface area contributed by atoms with Crippen molar-refractivity contribution in [1.29, 1.82) is 0 Å². The number of anilines is 1. The molecule has 5 nitrogen and oxygen atoms in total. The van der Waals surface area contributed by atoms with E-state index in [2.05, 4.69) is 15.2 Å². The van der Waals surface area contributed by atoms with E-state index in [1.54, 1.807) is 14.2 Å². The van der Waals surface area contributed by atoms with Crippen LogP contribution in [0.15, 0.2) is 6.07 Å². The van der Waals surface area contributed by atoms with Crippen molar-refractivity contribution >= 4 is 5.82 Å². The second kappa shape index (κ2) is 5.23. The van der Waals surface area contributed by atoms with E-state index in [-0.39, 0.29) is 0 Å². The highest BCUT2D eigenvalue weighted by Gasteiger charge is 2.18. The molecule has 2 rings (SSSR count). The van der Waals surface area contributed by atoms with Gasteiger partial charge in [-0.3, -0.25) is 0 Å². The van der Waals surface area contributed by atoms with E-state index >= 15 is 0 Å². The van der Waals surface area contributed by atoms with Gasteiger partial charge in [0.25, 0.3) is 0 Å². The van der Waals surface area contributed by atoms with Gasteiger partial charge in [0.1, 0.15) is 5.75 Å². The fraction of sp³-hybridized carbons (Fsp3) is 0.583. The van der Waals surface area contributed by atoms with Crippen LogP contribution in [0, 0.1) is 6.92 Å². The predicted octanol–water partition coefficient (Wildman–Crippen LogP) is 0.817. The van der Waals surface area contributed by atoms with Gasteiger partial charge in [0, 0.05) is 32.2 Å². The zero-order chi connectivity index (χ0) is 12.3. The highest BCUT2D eigenvalue weighted by atomic mass is 16.5. The first kappa shape index (κ1) is 12.0. The predicted molar refractivity (Wildman–Crippen MR) is 67.2 cm³/mol. The molecule has 1 N–H and O–H groups in total. The Hall–Kier alpha value is -1.49. The third-order valence-electron chi connectivity index (χ3n) is 2.97. The number of hydrogen-bond acceptors (Lipinski definition) is 5. The molecule has 94 valence electrons. The van der Waals surface area contributed by atoms with Crippen LogP contribution in [0.25, 0.3) is 0 Å². The Morgan fingerprint density at radius 3 is 2.41 bits per heavy atom. The summed E-state index contributed by atoms with van der Waals surface area (Å²) in [5.74, 6) is 2.45. The summed E-state index contributed by atoms with van der Waals surface area (Å²) in [5, 5.41) is 3.32. The number of piperazine rings is 1. The van der Waals surface area contributed by atoms with Crippen molar-refractivity contribution in [2.45, 2.75) is 6.92 Å². The molecule has 1 saturated heterocycles. The summed E-state index contributed by atoms with van der Waals surface area (Å²) in [5.41, 5.74) is 0.891. The van der Waals surface area contributed by atoms with Gasteiger partial charge in [-0.25, -0.2) is 4.98 Å². The smallest absolute Gasteiger partial charge is 0.171 e. The summed E-state index contributed by atoms with van der Waals surface area (Å²) in [4.78, 5) is 6.82. The van der Waals surface area contributed by atoms with Gasteiger partial charge in [-0.15, -0.1) is 0 Å². The van der Waals surface area contributed by atoms with Gasteiger partial charge in [-0.2, -0.15) is 0 Å². The van der Waals surface area contributed by atoms with E-state index < -0.39 is 0 Å². The van der Waals surface area contributed by atoms with Crippen molar-refractivity contribution in [2.24, 2.45) is 0 Å². The molecule has 0 radical (unpaired) electrons. The molecule has 1 fully saturated rings. The average Bonchev–Trinajstić information content (AvgIpc) is 2.39. The standard InChI is InChI=1S/C12H19N3O2/c1-9-10(16-2)8-11(17-3)12(14-9)15-6-4-13-5-7-15/h8,13H,4-7H2,1-3H3. The van der Waals surface area contributed by atoms with E-state index in [1.807, 2.05) is 13.0 Å². The van der Waals surface area contributed by atoms with Gasteiger partial charge < -0.3 is 19.7 Å². The van der Waals surface area contributed by atoms with E-state index in [0.717, 1.165) is 49.2 Å². The molecule has 2 heterocycles. The van der Waals surface area contributed by atoms with Crippen molar-refractivity contribution in [2.75, 3.05) is 45.3 Å². The number of nitrogens with one attached hydrogen (secondary N) is 1. The first-order chi connectivity index (χ1) is 8.26. The maximum atomic E-state index is 5.39. The number of nitrogens with zero attached hydrogens (tertiary/aromatic N) is 2. The zero-order valence-electron chi connectivity index (χ0n) is 10.6. The summed E-state index contributed by atoms with van der Waals surface area (Å²) in [7, 11) is 3.31. The summed E-state index contributed by atoms with van der Waals surface area (Å²) in [6, 6.07) is 1.90. The summed E-state index contributed by atoms with van der Waals surface area (Å²) >= 11 is 0. The lowest BCUT2D eigenvalue weighted by atomic mass is 10.3. The van der Waals surface area contributed by atoms with Crippen molar-refractivity contribution in [1.82, 2.24) is 10.3 Å². The maximum absolute atomic E-state index is 5.39. The van der Waals surface area contributed by atoms with Gasteiger partial charge in [-0.1, -0.05) is 0 Å². The lowest BCUT2D eigenvalue weighted by molar-refractivity contribution is 0.387. The van der Waals surface area contributed by atoms with E-state index in [1.165, 1.54) is 0 Å². The zero-order valence-corrected chi connectivity index (χ0v) is 10.6. The minimum absolute atomic E-state index is 0.765. The average molecular weight is 237 g/mol. The highest BCUT2D eigenvalue weighted by Crippen LogP contribution is 2.31. The van der Waals surface area contributed by atoms with Crippen LogP contribution in [0.1, 0.15) is 5.69 Å². The number of pyridine rings is 1. The van der Waals surface area contributed by atoms with Crippen LogP contribution in [0.2, 0.25) is 0 Å². The molecule has 1 aromatic heterocycles. The molecule has 1 aromatic rings. The van der Waals surface area contributed by atoms with Crippen LogP contribution in [-0.4, -0.2) is 45.4 Å². The van der Waals surface area contributed by atoms with E-state index in [0.29, 0.717) is 0 Å². The number of aromatic nitrogens is 1. The van der Waals surface area contributed by atoms with Crippen molar-refractivity contribution in [3.8, 4) is 11.5 Å². The van der Waals surface area contributed by atoms with Gasteiger partial charge in [0.2, 0.25) is 0 Å². The molecule has 0 aromatic carbocycles. The summed E-state index contributed by atoms with van der Waals surface area (Å²) < 4.78 is 10.6. The second-order valence-electron chi connectivity index (χ2n) is 4.04. The Kier molecular flexibility index (Phi) is 3.68. The normalized spacial score (nSPS) is 15.8. The molecular formula is C12H19N3O2. The molecule has 0 unspecified atom stereocenters. The monoisotopic (exact) mass is 237 g/mol. The van der Waals surface area contributed by atoms with E-state index in [9.17, 15) is 0 Å². The minimum atomic E-state index is 0.765. The van der Waals surface area contributed by atoms with Crippen LogP contribution in [0.3, 0.4) is 0 Å². The molecule has 5 heteroatoms. The molecule has 0 atom stereocenters. The molecule has 0 saturated carbocycles. The quantitative estimate of drug-likeness (QED) is 0.843. The largest absolute Gasteiger partial charge is 0.495 e. The Labute approximate surface area is 102 Å². The van der Waals surface area contributed by atoms with Crippen LogP contribution in [0.4, 0.5) is 5.82 Å². The fourth-order valence-corrected chi connectivity index (χ4v) is 2.02. The molecule has 0 spiro atoms. The first-order valence-corrected chi connectivity index (χ1v) is 5.81. The van der Waals surface area contributed by atoms with Crippen LogP contribution in [-0.2, 0) is 0 Å². The number of aryl methyl sites for hydroxylation is 1. The number of methoxy groups -OCH3 is 2. The summed E-state index contributed by atoms with van der Waals surface area (Å²) in [6.45, 7) is 5.82. The maximum Gasteiger partial charge on any atom is 0.171 e. The van der Waals surface area contributed by atoms with Crippen molar-refractivity contribution < 1.29 is 9.47 Å². The molecule has 0 bridgehead atoms. The Morgan fingerprint density at radius 1 is 1.18 bits per heavy atom. The van der Waals surface area contributed by atoms with Gasteiger partial charge >= 0.3 is 0 Å². The molecule has 0 aliphatic carbocycles. The van der Waals surface area contributed by atoms with Gasteiger partial charge in [0.15, 0.2) is 11.6 Å². The highest BCUT2D eigenvalue weighted by molar-refractivity contribution is 5.56. The van der Waals surface area contributed by atoms with Crippen LogP contribution < -0.4 is 19.7 Å². The second-order valence-corrected chi connectivity index (χ2v) is 4.04.